The van der Waals surface area contributed by atoms with Crippen molar-refractivity contribution in [3.63, 3.8) is 0 Å². The summed E-state index contributed by atoms with van der Waals surface area (Å²) in [6.45, 7) is -1.41. The summed E-state index contributed by atoms with van der Waals surface area (Å²) in [6, 6.07) is 5.67. The normalized spacial score (nSPS) is 11.7. The Balaban J connectivity index is 1.98. The summed E-state index contributed by atoms with van der Waals surface area (Å²) in [7, 11) is 0. The van der Waals surface area contributed by atoms with Gasteiger partial charge in [-0.05, 0) is 19.1 Å². The number of halogens is 5. The fourth-order valence-corrected chi connectivity index (χ4v) is 2.49. The fourth-order valence-electron chi connectivity index (χ4n) is 2.49. The Hall–Kier alpha value is -3.31. The van der Waals surface area contributed by atoms with E-state index >= 15 is 0 Å². The number of rotatable bonds is 7. The molecule has 29 heavy (non-hydrogen) atoms. The fraction of sp³-hybridized carbons (Fsp3) is 0.294. The minimum absolute atomic E-state index is 0.0973. The van der Waals surface area contributed by atoms with E-state index in [1.807, 2.05) is 0 Å². The van der Waals surface area contributed by atoms with Gasteiger partial charge >= 0.3 is 12.8 Å². The predicted octanol–water partition coefficient (Wildman–Crippen LogP) is 3.80. The first-order valence-corrected chi connectivity index (χ1v) is 8.27. The van der Waals surface area contributed by atoms with Gasteiger partial charge in [-0.3, -0.25) is 0 Å². The molecule has 0 bridgehead atoms. The molecule has 7 nitrogen and oxygen atoms in total. The first-order valence-electron chi connectivity index (χ1n) is 8.27. The highest BCUT2D eigenvalue weighted by Gasteiger charge is 2.37. The van der Waals surface area contributed by atoms with Crippen LogP contribution in [0.5, 0.6) is 11.6 Å². The first kappa shape index (κ1) is 20.4. The highest BCUT2D eigenvalue weighted by Crippen LogP contribution is 2.30. The van der Waals surface area contributed by atoms with Gasteiger partial charge in [-0.1, -0.05) is 12.1 Å². The molecule has 2 aromatic heterocycles. The van der Waals surface area contributed by atoms with E-state index < -0.39 is 18.6 Å². The summed E-state index contributed by atoms with van der Waals surface area (Å²) in [4.78, 5) is 11.6. The molecule has 1 aromatic carbocycles. The maximum atomic E-state index is 13.0. The van der Waals surface area contributed by atoms with E-state index in [9.17, 15) is 22.0 Å². The van der Waals surface area contributed by atoms with Gasteiger partial charge in [0, 0.05) is 5.56 Å². The quantitative estimate of drug-likeness (QED) is 0.547. The van der Waals surface area contributed by atoms with Crippen LogP contribution in [0, 0.1) is 0 Å². The SMILES string of the molecule is CCOc1ncc(Cn2ncnc2C(F)(F)F)nc1-c1cccc(OC(F)F)c1. The van der Waals surface area contributed by atoms with E-state index in [1.54, 1.807) is 13.0 Å². The molecule has 0 fully saturated rings. The van der Waals surface area contributed by atoms with Crippen molar-refractivity contribution in [1.82, 2.24) is 24.7 Å². The molecule has 3 rings (SSSR count). The summed E-state index contributed by atoms with van der Waals surface area (Å²) in [5.74, 6) is -1.19. The van der Waals surface area contributed by atoms with Gasteiger partial charge in [0.25, 0.3) is 0 Å². The number of ether oxygens (including phenoxy) is 2. The van der Waals surface area contributed by atoms with Crippen molar-refractivity contribution in [3.05, 3.63) is 48.3 Å². The zero-order valence-corrected chi connectivity index (χ0v) is 14.9. The van der Waals surface area contributed by atoms with Crippen LogP contribution in [0.3, 0.4) is 0 Å². The molecule has 0 atom stereocenters. The van der Waals surface area contributed by atoms with E-state index in [4.69, 9.17) is 4.74 Å². The molecule has 0 radical (unpaired) electrons. The van der Waals surface area contributed by atoms with E-state index in [0.717, 1.165) is 6.33 Å². The molecule has 0 amide bonds. The number of benzene rings is 1. The lowest BCUT2D eigenvalue weighted by atomic mass is 10.1. The van der Waals surface area contributed by atoms with Gasteiger partial charge in [0.05, 0.1) is 25.0 Å². The highest BCUT2D eigenvalue weighted by atomic mass is 19.4. The van der Waals surface area contributed by atoms with Crippen LogP contribution >= 0.6 is 0 Å². The first-order chi connectivity index (χ1) is 13.8. The Morgan fingerprint density at radius 2 is 1.97 bits per heavy atom. The van der Waals surface area contributed by atoms with Crippen LogP contribution < -0.4 is 9.47 Å². The van der Waals surface area contributed by atoms with E-state index in [0.29, 0.717) is 10.2 Å². The number of nitrogens with zero attached hydrogens (tertiary/aromatic N) is 5. The van der Waals surface area contributed by atoms with Crippen molar-refractivity contribution in [2.24, 2.45) is 0 Å². The van der Waals surface area contributed by atoms with Gasteiger partial charge in [-0.25, -0.2) is 19.6 Å². The van der Waals surface area contributed by atoms with Crippen molar-refractivity contribution in [1.29, 1.82) is 0 Å². The number of alkyl halides is 5. The topological polar surface area (TPSA) is 75.0 Å². The van der Waals surface area contributed by atoms with E-state index in [2.05, 4.69) is 24.8 Å². The summed E-state index contributed by atoms with van der Waals surface area (Å²) < 4.78 is 74.3. The predicted molar refractivity (Wildman–Crippen MR) is 89.4 cm³/mol. The average Bonchev–Trinajstić information content (AvgIpc) is 3.11. The zero-order valence-electron chi connectivity index (χ0n) is 14.9. The molecular formula is C17H14F5N5O2. The van der Waals surface area contributed by atoms with Crippen LogP contribution in [0.4, 0.5) is 22.0 Å². The second-order valence-corrected chi connectivity index (χ2v) is 5.59. The minimum atomic E-state index is -4.68. The van der Waals surface area contributed by atoms with Crippen molar-refractivity contribution >= 4 is 0 Å². The lowest BCUT2D eigenvalue weighted by Crippen LogP contribution is -2.17. The van der Waals surface area contributed by atoms with Crippen LogP contribution in [0.2, 0.25) is 0 Å². The molecule has 154 valence electrons. The standard InChI is InChI=1S/C17H14F5N5O2/c1-2-28-14-13(10-4-3-5-12(6-10)29-16(18)19)26-11(7-23-14)8-27-15(17(20,21)22)24-9-25-27/h3-7,9,16H,2,8H2,1H3. The van der Waals surface area contributed by atoms with Gasteiger partial charge in [0.15, 0.2) is 0 Å². The molecule has 2 heterocycles. The summed E-state index contributed by atoms with van der Waals surface area (Å²) in [5, 5.41) is 3.57. The van der Waals surface area contributed by atoms with Crippen molar-refractivity contribution in [3.8, 4) is 22.9 Å². The Morgan fingerprint density at radius 3 is 2.66 bits per heavy atom. The summed E-state index contributed by atoms with van der Waals surface area (Å²) in [6.07, 6.45) is -2.65. The molecule has 0 aliphatic heterocycles. The van der Waals surface area contributed by atoms with Gasteiger partial charge in [0.1, 0.15) is 17.8 Å². The molecule has 0 saturated carbocycles. The molecule has 0 saturated heterocycles. The van der Waals surface area contributed by atoms with Crippen molar-refractivity contribution < 1.29 is 31.4 Å². The summed E-state index contributed by atoms with van der Waals surface area (Å²) >= 11 is 0. The number of hydrogen-bond acceptors (Lipinski definition) is 6. The Bertz CT molecular complexity index is 977. The molecule has 0 unspecified atom stereocenters. The molecule has 0 aliphatic rings. The lowest BCUT2D eigenvalue weighted by Gasteiger charge is -2.13. The van der Waals surface area contributed by atoms with Crippen LogP contribution in [-0.4, -0.2) is 38.0 Å². The largest absolute Gasteiger partial charge is 0.476 e. The molecule has 12 heteroatoms. The van der Waals surface area contributed by atoms with E-state index in [-0.39, 0.29) is 36.2 Å². The molecule has 3 aromatic rings. The number of hydrogen-bond donors (Lipinski definition) is 0. The zero-order chi connectivity index (χ0) is 21.0. The van der Waals surface area contributed by atoms with Gasteiger partial charge in [-0.2, -0.15) is 27.1 Å². The maximum Gasteiger partial charge on any atom is 0.451 e. The third-order valence-electron chi connectivity index (χ3n) is 3.58. The highest BCUT2D eigenvalue weighted by molar-refractivity contribution is 5.66. The minimum Gasteiger partial charge on any atom is -0.476 e. The maximum absolute atomic E-state index is 13.0. The lowest BCUT2D eigenvalue weighted by molar-refractivity contribution is -0.147. The van der Waals surface area contributed by atoms with Gasteiger partial charge in [-0.15, -0.1) is 0 Å². The van der Waals surface area contributed by atoms with Crippen LogP contribution in [0.1, 0.15) is 18.4 Å². The third-order valence-corrected chi connectivity index (χ3v) is 3.58. The van der Waals surface area contributed by atoms with E-state index in [1.165, 1.54) is 24.4 Å². The van der Waals surface area contributed by atoms with Crippen LogP contribution in [-0.2, 0) is 12.7 Å². The molecule has 0 N–H and O–H groups in total. The number of aromatic nitrogens is 5. The summed E-state index contributed by atoms with van der Waals surface area (Å²) in [5.41, 5.74) is 0.646. The molecule has 0 spiro atoms. The Morgan fingerprint density at radius 1 is 1.17 bits per heavy atom. The molecular weight excluding hydrogens is 401 g/mol. The smallest absolute Gasteiger partial charge is 0.451 e. The second kappa shape index (κ2) is 8.37. The third kappa shape index (κ3) is 4.95. The average molecular weight is 415 g/mol. The van der Waals surface area contributed by atoms with Crippen molar-refractivity contribution in [2.75, 3.05) is 6.61 Å². The monoisotopic (exact) mass is 415 g/mol. The van der Waals surface area contributed by atoms with Gasteiger partial charge in [0.2, 0.25) is 11.7 Å². The molecule has 0 aliphatic carbocycles. The Labute approximate surface area is 161 Å². The van der Waals surface area contributed by atoms with Gasteiger partial charge < -0.3 is 9.47 Å². The van der Waals surface area contributed by atoms with Crippen LogP contribution in [0.15, 0.2) is 36.8 Å². The second-order valence-electron chi connectivity index (χ2n) is 5.59. The Kier molecular flexibility index (Phi) is 5.89. The van der Waals surface area contributed by atoms with Crippen molar-refractivity contribution in [2.45, 2.75) is 26.3 Å². The van der Waals surface area contributed by atoms with Crippen LogP contribution in [0.25, 0.3) is 11.3 Å².